The number of carbonyl (C=O) groups is 2. The fraction of sp³-hybridized carbons (Fsp3) is 0.875. The van der Waals surface area contributed by atoms with Gasteiger partial charge in [0.25, 0.3) is 0 Å². The molecule has 0 radical (unpaired) electrons. The highest BCUT2D eigenvalue weighted by molar-refractivity contribution is 5.78. The maximum absolute atomic E-state index is 11.3. The molecule has 0 aliphatic rings. The van der Waals surface area contributed by atoms with E-state index in [4.69, 9.17) is 0 Å². The molecular weight excluding hydrogens is 238 g/mol. The minimum Gasteiger partial charge on any atom is -0.356 e. The number of nitrogens with one attached hydrogen (secondary N) is 1. The molecule has 1 N–H and O–H groups in total. The zero-order valence-electron chi connectivity index (χ0n) is 13.0. The molecule has 0 heterocycles. The SMILES string of the molecule is CCC(=O)CCCCCCCCCNC(=O)C(C)C. The molecule has 0 saturated heterocycles. The Morgan fingerprint density at radius 1 is 0.895 bits per heavy atom. The summed E-state index contributed by atoms with van der Waals surface area (Å²) in [5.41, 5.74) is 0. The molecule has 0 rings (SSSR count). The molecular formula is C16H31NO2. The molecule has 0 atom stereocenters. The average Bonchev–Trinajstić information content (AvgIpc) is 2.39. The lowest BCUT2D eigenvalue weighted by atomic mass is 10.1. The van der Waals surface area contributed by atoms with Crippen LogP contribution in [0.15, 0.2) is 0 Å². The summed E-state index contributed by atoms with van der Waals surface area (Å²) in [4.78, 5) is 22.4. The second-order valence-electron chi connectivity index (χ2n) is 5.56. The zero-order chi connectivity index (χ0) is 14.5. The van der Waals surface area contributed by atoms with Gasteiger partial charge in [-0.3, -0.25) is 9.59 Å². The highest BCUT2D eigenvalue weighted by Gasteiger charge is 2.04. The third kappa shape index (κ3) is 11.9. The van der Waals surface area contributed by atoms with Crippen molar-refractivity contribution >= 4 is 11.7 Å². The van der Waals surface area contributed by atoms with Crippen molar-refractivity contribution in [3.05, 3.63) is 0 Å². The van der Waals surface area contributed by atoms with E-state index in [1.807, 2.05) is 20.8 Å². The number of Topliss-reactive ketones (excluding diaryl/α,β-unsaturated/α-hetero) is 1. The molecule has 19 heavy (non-hydrogen) atoms. The lowest BCUT2D eigenvalue weighted by Gasteiger charge is -2.07. The number of hydrogen-bond donors (Lipinski definition) is 1. The molecule has 0 saturated carbocycles. The van der Waals surface area contributed by atoms with Crippen LogP contribution in [0.2, 0.25) is 0 Å². The number of hydrogen-bond acceptors (Lipinski definition) is 2. The van der Waals surface area contributed by atoms with Crippen molar-refractivity contribution in [2.24, 2.45) is 5.92 Å². The highest BCUT2D eigenvalue weighted by Crippen LogP contribution is 2.09. The van der Waals surface area contributed by atoms with Gasteiger partial charge in [0.1, 0.15) is 5.78 Å². The van der Waals surface area contributed by atoms with E-state index in [0.29, 0.717) is 12.2 Å². The van der Waals surface area contributed by atoms with Crippen LogP contribution >= 0.6 is 0 Å². The van der Waals surface area contributed by atoms with E-state index in [2.05, 4.69) is 5.32 Å². The van der Waals surface area contributed by atoms with Crippen LogP contribution in [0.4, 0.5) is 0 Å². The molecule has 3 nitrogen and oxygen atoms in total. The van der Waals surface area contributed by atoms with Crippen molar-refractivity contribution in [1.29, 1.82) is 0 Å². The van der Waals surface area contributed by atoms with Gasteiger partial charge in [-0.2, -0.15) is 0 Å². The van der Waals surface area contributed by atoms with Crippen molar-refractivity contribution < 1.29 is 9.59 Å². The standard InChI is InChI=1S/C16H31NO2/c1-4-15(18)12-10-8-6-5-7-9-11-13-17-16(19)14(2)3/h14H,4-13H2,1-3H3,(H,17,19). The van der Waals surface area contributed by atoms with Crippen molar-refractivity contribution in [2.75, 3.05) is 6.54 Å². The van der Waals surface area contributed by atoms with Gasteiger partial charge in [-0.05, 0) is 12.8 Å². The second-order valence-corrected chi connectivity index (χ2v) is 5.56. The maximum Gasteiger partial charge on any atom is 0.222 e. The summed E-state index contributed by atoms with van der Waals surface area (Å²) >= 11 is 0. The summed E-state index contributed by atoms with van der Waals surface area (Å²) < 4.78 is 0. The molecule has 0 spiro atoms. The number of amides is 1. The van der Waals surface area contributed by atoms with Gasteiger partial charge in [0.05, 0.1) is 0 Å². The quantitative estimate of drug-likeness (QED) is 0.547. The summed E-state index contributed by atoms with van der Waals surface area (Å²) in [5, 5.41) is 2.94. The normalized spacial score (nSPS) is 10.7. The molecule has 112 valence electrons. The first-order chi connectivity index (χ1) is 9.07. The first kappa shape index (κ1) is 18.1. The van der Waals surface area contributed by atoms with Crippen LogP contribution in [0.25, 0.3) is 0 Å². The Kier molecular flexibility index (Phi) is 11.6. The largest absolute Gasteiger partial charge is 0.356 e. The molecule has 0 fully saturated rings. The van der Waals surface area contributed by atoms with Gasteiger partial charge in [-0.1, -0.05) is 52.9 Å². The fourth-order valence-corrected chi connectivity index (χ4v) is 1.92. The van der Waals surface area contributed by atoms with E-state index in [0.717, 1.165) is 25.8 Å². The fourth-order valence-electron chi connectivity index (χ4n) is 1.92. The Balaban J connectivity index is 3.15. The first-order valence-electron chi connectivity index (χ1n) is 7.87. The van der Waals surface area contributed by atoms with Gasteiger partial charge >= 0.3 is 0 Å². The molecule has 0 aromatic heterocycles. The smallest absolute Gasteiger partial charge is 0.222 e. The van der Waals surface area contributed by atoms with Crippen molar-refractivity contribution in [2.45, 2.75) is 78.6 Å². The average molecular weight is 269 g/mol. The summed E-state index contributed by atoms with van der Waals surface area (Å²) in [7, 11) is 0. The monoisotopic (exact) mass is 269 g/mol. The van der Waals surface area contributed by atoms with Crippen molar-refractivity contribution in [3.8, 4) is 0 Å². The Labute approximate surface area is 118 Å². The molecule has 0 bridgehead atoms. The number of carbonyl (C=O) groups excluding carboxylic acids is 2. The Morgan fingerprint density at radius 3 is 1.95 bits per heavy atom. The van der Waals surface area contributed by atoms with Crippen LogP contribution in [0.3, 0.4) is 0 Å². The topological polar surface area (TPSA) is 46.2 Å². The second kappa shape index (κ2) is 12.2. The third-order valence-corrected chi connectivity index (χ3v) is 3.35. The van der Waals surface area contributed by atoms with Crippen LogP contribution in [0.1, 0.15) is 78.6 Å². The third-order valence-electron chi connectivity index (χ3n) is 3.35. The summed E-state index contributed by atoms with van der Waals surface area (Å²) in [5.74, 6) is 0.632. The van der Waals surface area contributed by atoms with Gasteiger partial charge in [-0.25, -0.2) is 0 Å². The van der Waals surface area contributed by atoms with Crippen molar-refractivity contribution in [3.63, 3.8) is 0 Å². The Morgan fingerprint density at radius 2 is 1.42 bits per heavy atom. The maximum atomic E-state index is 11.3. The van der Waals surface area contributed by atoms with Crippen LogP contribution in [-0.2, 0) is 9.59 Å². The number of rotatable bonds is 12. The minimum absolute atomic E-state index is 0.0887. The molecule has 0 aromatic rings. The van der Waals surface area contributed by atoms with Crippen molar-refractivity contribution in [1.82, 2.24) is 5.32 Å². The predicted molar refractivity (Wildman–Crippen MR) is 80.1 cm³/mol. The van der Waals surface area contributed by atoms with E-state index >= 15 is 0 Å². The van der Waals surface area contributed by atoms with Crippen LogP contribution < -0.4 is 5.32 Å². The molecule has 3 heteroatoms. The number of ketones is 1. The number of unbranched alkanes of at least 4 members (excludes halogenated alkanes) is 6. The molecule has 1 amide bonds. The van der Waals surface area contributed by atoms with E-state index in [9.17, 15) is 9.59 Å². The molecule has 0 aliphatic heterocycles. The van der Waals surface area contributed by atoms with Gasteiger partial charge in [0, 0.05) is 25.3 Å². The van der Waals surface area contributed by atoms with E-state index < -0.39 is 0 Å². The predicted octanol–water partition coefficient (Wildman–Crippen LogP) is 3.86. The van der Waals surface area contributed by atoms with E-state index in [1.165, 1.54) is 32.1 Å². The van der Waals surface area contributed by atoms with Gasteiger partial charge in [-0.15, -0.1) is 0 Å². The minimum atomic E-state index is 0.0887. The molecule has 0 unspecified atom stereocenters. The lowest BCUT2D eigenvalue weighted by Crippen LogP contribution is -2.28. The van der Waals surface area contributed by atoms with Gasteiger partial charge in [0.2, 0.25) is 5.91 Å². The highest BCUT2D eigenvalue weighted by atomic mass is 16.1. The molecule has 0 aromatic carbocycles. The van der Waals surface area contributed by atoms with E-state index in [-0.39, 0.29) is 11.8 Å². The lowest BCUT2D eigenvalue weighted by molar-refractivity contribution is -0.124. The Bertz CT molecular complexity index is 249. The summed E-state index contributed by atoms with van der Waals surface area (Å²) in [6.45, 7) is 6.57. The first-order valence-corrected chi connectivity index (χ1v) is 7.87. The van der Waals surface area contributed by atoms with Gasteiger partial charge < -0.3 is 5.32 Å². The van der Waals surface area contributed by atoms with Crippen LogP contribution in [-0.4, -0.2) is 18.2 Å². The Hall–Kier alpha value is -0.860. The van der Waals surface area contributed by atoms with Gasteiger partial charge in [0.15, 0.2) is 0 Å². The summed E-state index contributed by atoms with van der Waals surface area (Å²) in [6, 6.07) is 0. The zero-order valence-corrected chi connectivity index (χ0v) is 13.0. The summed E-state index contributed by atoms with van der Waals surface area (Å²) in [6.07, 6.45) is 9.65. The molecule has 0 aliphatic carbocycles. The van der Waals surface area contributed by atoms with E-state index in [1.54, 1.807) is 0 Å². The van der Waals surface area contributed by atoms with Crippen LogP contribution in [0, 0.1) is 5.92 Å². The van der Waals surface area contributed by atoms with Crippen LogP contribution in [0.5, 0.6) is 0 Å².